The molecule has 4 rings (SSSR count). The van der Waals surface area contributed by atoms with Gasteiger partial charge in [-0.05, 0) is 47.0 Å². The lowest BCUT2D eigenvalue weighted by atomic mass is 9.95. The lowest BCUT2D eigenvalue weighted by Crippen LogP contribution is -2.49. The number of H-pyrrole nitrogens is 1. The van der Waals surface area contributed by atoms with Crippen molar-refractivity contribution in [2.24, 2.45) is 0 Å². The van der Waals surface area contributed by atoms with E-state index >= 15 is 0 Å². The van der Waals surface area contributed by atoms with Gasteiger partial charge in [0.05, 0.1) is 6.04 Å². The zero-order chi connectivity index (χ0) is 25.1. The summed E-state index contributed by atoms with van der Waals surface area (Å²) >= 11 is 6.40. The van der Waals surface area contributed by atoms with Gasteiger partial charge >= 0.3 is 0 Å². The summed E-state index contributed by atoms with van der Waals surface area (Å²) in [6.45, 7) is 1.34. The van der Waals surface area contributed by atoms with E-state index in [4.69, 9.17) is 11.6 Å². The molecule has 2 atom stereocenters. The van der Waals surface area contributed by atoms with Crippen LogP contribution < -0.4 is 5.32 Å². The Bertz CT molecular complexity index is 1370. The second-order valence-corrected chi connectivity index (χ2v) is 8.80. The summed E-state index contributed by atoms with van der Waals surface area (Å²) in [4.78, 5) is 30.3. The summed E-state index contributed by atoms with van der Waals surface area (Å²) in [7, 11) is 1.62. The number of rotatable bonds is 7. The second-order valence-electron chi connectivity index (χ2n) is 8.39. The molecule has 2 unspecified atom stereocenters. The van der Waals surface area contributed by atoms with Crippen molar-refractivity contribution in [3.05, 3.63) is 106 Å². The van der Waals surface area contributed by atoms with E-state index in [0.29, 0.717) is 11.1 Å². The fourth-order valence-corrected chi connectivity index (χ4v) is 4.61. The number of nitrogens with zero attached hydrogens (tertiary/aromatic N) is 1. The third-order valence-corrected chi connectivity index (χ3v) is 6.26. The first-order valence-electron chi connectivity index (χ1n) is 11.0. The van der Waals surface area contributed by atoms with E-state index < -0.39 is 17.9 Å². The normalized spacial score (nSPS) is 12.8. The van der Waals surface area contributed by atoms with Gasteiger partial charge in [0, 0.05) is 42.5 Å². The van der Waals surface area contributed by atoms with Crippen LogP contribution in [0.4, 0.5) is 8.78 Å². The number of fused-ring (bicyclic) bond motifs is 1. The second kappa shape index (κ2) is 10.3. The lowest BCUT2D eigenvalue weighted by molar-refractivity contribution is -0.136. The van der Waals surface area contributed by atoms with Crippen LogP contribution in [0.15, 0.2) is 72.9 Å². The van der Waals surface area contributed by atoms with Crippen molar-refractivity contribution in [2.75, 3.05) is 7.05 Å². The fourth-order valence-electron chi connectivity index (χ4n) is 4.34. The average molecular weight is 496 g/mol. The molecule has 0 bridgehead atoms. The van der Waals surface area contributed by atoms with Gasteiger partial charge in [-0.3, -0.25) is 9.59 Å². The van der Waals surface area contributed by atoms with Crippen molar-refractivity contribution in [3.8, 4) is 0 Å². The highest BCUT2D eigenvalue weighted by Gasteiger charge is 2.31. The van der Waals surface area contributed by atoms with Crippen molar-refractivity contribution in [1.82, 2.24) is 15.2 Å². The molecular formula is C27H24ClF2N3O2. The minimum Gasteiger partial charge on any atom is -0.361 e. The minimum atomic E-state index is -0.896. The number of carbonyl (C=O) groups is 2. The molecule has 1 aromatic heterocycles. The molecule has 0 aliphatic heterocycles. The highest BCUT2D eigenvalue weighted by atomic mass is 35.5. The topological polar surface area (TPSA) is 65.2 Å². The van der Waals surface area contributed by atoms with E-state index in [1.54, 1.807) is 25.4 Å². The molecule has 0 radical (unpaired) electrons. The Balaban J connectivity index is 1.71. The number of aromatic amines is 1. The fraction of sp³-hybridized carbons (Fsp3) is 0.185. The molecule has 0 spiro atoms. The molecule has 4 aromatic rings. The van der Waals surface area contributed by atoms with Crippen LogP contribution in [0.2, 0.25) is 5.02 Å². The van der Waals surface area contributed by atoms with Crippen LogP contribution in [-0.4, -0.2) is 34.8 Å². The van der Waals surface area contributed by atoms with E-state index in [1.165, 1.54) is 36.1 Å². The van der Waals surface area contributed by atoms with Gasteiger partial charge in [0.2, 0.25) is 11.8 Å². The summed E-state index contributed by atoms with van der Waals surface area (Å²) in [5.41, 5.74) is 2.69. The van der Waals surface area contributed by atoms with Crippen LogP contribution in [0.5, 0.6) is 0 Å². The van der Waals surface area contributed by atoms with Crippen molar-refractivity contribution in [2.45, 2.75) is 25.4 Å². The highest BCUT2D eigenvalue weighted by molar-refractivity contribution is 6.31. The molecule has 2 amide bonds. The molecule has 1 heterocycles. The largest absolute Gasteiger partial charge is 0.361 e. The number of carbonyl (C=O) groups excluding carboxylic acids is 2. The molecule has 180 valence electrons. The number of likely N-dealkylation sites (N-methyl/N-ethyl adjacent to an activating group) is 1. The molecule has 0 aliphatic rings. The number of hydrogen-bond donors (Lipinski definition) is 2. The molecule has 0 saturated carbocycles. The van der Waals surface area contributed by atoms with E-state index in [-0.39, 0.29) is 29.1 Å². The Morgan fingerprint density at radius 2 is 1.71 bits per heavy atom. The maximum Gasteiger partial charge on any atom is 0.246 e. The summed E-state index contributed by atoms with van der Waals surface area (Å²) in [5.74, 6) is -1.57. The summed E-state index contributed by atoms with van der Waals surface area (Å²) in [5, 5.41) is 3.70. The molecular weight excluding hydrogens is 472 g/mol. The number of hydrogen-bond acceptors (Lipinski definition) is 2. The highest BCUT2D eigenvalue weighted by Crippen LogP contribution is 2.34. The first-order chi connectivity index (χ1) is 16.7. The van der Waals surface area contributed by atoms with Crippen molar-refractivity contribution < 1.29 is 18.4 Å². The van der Waals surface area contributed by atoms with Gasteiger partial charge in [-0.2, -0.15) is 0 Å². The van der Waals surface area contributed by atoms with Crippen LogP contribution in [0.3, 0.4) is 0 Å². The molecule has 8 heteroatoms. The SMILES string of the molecule is CC(=O)NC(Cc1c[nH]c2cc(F)ccc12)C(=O)N(C)C(c1ccccc1)c1ccc(F)cc1Cl. The van der Waals surface area contributed by atoms with Crippen molar-refractivity contribution in [1.29, 1.82) is 0 Å². The lowest BCUT2D eigenvalue weighted by Gasteiger charge is -2.33. The summed E-state index contributed by atoms with van der Waals surface area (Å²) in [6.07, 6.45) is 1.89. The molecule has 35 heavy (non-hydrogen) atoms. The zero-order valence-electron chi connectivity index (χ0n) is 19.2. The van der Waals surface area contributed by atoms with Crippen molar-refractivity contribution in [3.63, 3.8) is 0 Å². The van der Waals surface area contributed by atoms with Gasteiger partial charge < -0.3 is 15.2 Å². The smallest absolute Gasteiger partial charge is 0.246 e. The standard InChI is InChI=1S/C27H24ClF2N3O2/c1-16(34)32-25(12-18-15-31-24-14-20(30)8-10-21(18)24)27(35)33(2)26(17-6-4-3-5-7-17)22-11-9-19(29)13-23(22)28/h3-11,13-15,25-26,31H,12H2,1-2H3,(H,32,34). The third-order valence-electron chi connectivity index (χ3n) is 5.94. The molecule has 5 nitrogen and oxygen atoms in total. The number of benzene rings is 3. The average Bonchev–Trinajstić information content (AvgIpc) is 3.21. The quantitative estimate of drug-likeness (QED) is 0.361. The Kier molecular flexibility index (Phi) is 7.17. The first kappa shape index (κ1) is 24.4. The zero-order valence-corrected chi connectivity index (χ0v) is 19.9. The molecule has 0 aliphatic carbocycles. The van der Waals surface area contributed by atoms with Crippen LogP contribution >= 0.6 is 11.6 Å². The number of halogens is 3. The van der Waals surface area contributed by atoms with E-state index in [1.807, 2.05) is 30.3 Å². The van der Waals surface area contributed by atoms with Crippen LogP contribution in [-0.2, 0) is 16.0 Å². The summed E-state index contributed by atoms with van der Waals surface area (Å²) < 4.78 is 27.4. The predicted octanol–water partition coefficient (Wildman–Crippen LogP) is 5.39. The Labute approximate surface area is 206 Å². The number of amides is 2. The number of nitrogens with one attached hydrogen (secondary N) is 2. The van der Waals surface area contributed by atoms with Gasteiger partial charge in [-0.1, -0.05) is 48.0 Å². The van der Waals surface area contributed by atoms with Gasteiger partial charge in [0.25, 0.3) is 0 Å². The van der Waals surface area contributed by atoms with Crippen LogP contribution in [0, 0.1) is 11.6 Å². The molecule has 3 aromatic carbocycles. The van der Waals surface area contributed by atoms with Gasteiger partial charge in [0.15, 0.2) is 0 Å². The maximum absolute atomic E-state index is 13.8. The monoisotopic (exact) mass is 495 g/mol. The predicted molar refractivity (Wildman–Crippen MR) is 132 cm³/mol. The first-order valence-corrected chi connectivity index (χ1v) is 11.4. The molecule has 0 fully saturated rings. The maximum atomic E-state index is 13.8. The minimum absolute atomic E-state index is 0.188. The summed E-state index contributed by atoms with van der Waals surface area (Å²) in [6, 6.07) is 16.2. The molecule has 0 saturated heterocycles. The Morgan fingerprint density at radius 1 is 1.03 bits per heavy atom. The van der Waals surface area contributed by atoms with Crippen molar-refractivity contribution >= 4 is 34.3 Å². The van der Waals surface area contributed by atoms with Gasteiger partial charge in [-0.15, -0.1) is 0 Å². The third kappa shape index (κ3) is 5.35. The molecule has 2 N–H and O–H groups in total. The van der Waals surface area contributed by atoms with Crippen LogP contribution in [0.25, 0.3) is 10.9 Å². The Hall–Kier alpha value is -3.71. The Morgan fingerprint density at radius 3 is 2.40 bits per heavy atom. The van der Waals surface area contributed by atoms with Crippen LogP contribution in [0.1, 0.15) is 29.7 Å². The number of aromatic nitrogens is 1. The van der Waals surface area contributed by atoms with Gasteiger partial charge in [0.1, 0.15) is 17.7 Å². The van der Waals surface area contributed by atoms with Gasteiger partial charge in [-0.25, -0.2) is 8.78 Å². The van der Waals surface area contributed by atoms with E-state index in [2.05, 4.69) is 10.3 Å². The van der Waals surface area contributed by atoms with E-state index in [0.717, 1.165) is 16.5 Å². The van der Waals surface area contributed by atoms with E-state index in [9.17, 15) is 18.4 Å².